The van der Waals surface area contributed by atoms with E-state index in [1.807, 2.05) is 0 Å². The van der Waals surface area contributed by atoms with Crippen LogP contribution in [0.2, 0.25) is 0 Å². The maximum absolute atomic E-state index is 11.6. The maximum Gasteiger partial charge on any atom is 0.310 e. The third kappa shape index (κ3) is 1.35. The van der Waals surface area contributed by atoms with Gasteiger partial charge >= 0.3 is 11.9 Å². The number of hydrogen-bond acceptors (Lipinski definition) is 5. The standard InChI is InChI=1S/C11H14O5/c1-15-10(13)7-5-3-4-6(9(5)12)8(7)11(14)16-2/h3-9,12H,1-2H3. The Bertz CT molecular complexity index is 316. The van der Waals surface area contributed by atoms with E-state index in [1.165, 1.54) is 14.2 Å². The smallest absolute Gasteiger partial charge is 0.310 e. The van der Waals surface area contributed by atoms with Crippen LogP contribution in [0.4, 0.5) is 0 Å². The lowest BCUT2D eigenvalue weighted by Crippen LogP contribution is -2.34. The van der Waals surface area contributed by atoms with Crippen LogP contribution in [0, 0.1) is 23.7 Å². The van der Waals surface area contributed by atoms with Gasteiger partial charge in [-0.15, -0.1) is 0 Å². The van der Waals surface area contributed by atoms with Gasteiger partial charge in [-0.25, -0.2) is 0 Å². The van der Waals surface area contributed by atoms with Crippen LogP contribution in [0.15, 0.2) is 12.2 Å². The minimum atomic E-state index is -0.687. The zero-order valence-corrected chi connectivity index (χ0v) is 9.12. The molecule has 4 unspecified atom stereocenters. The molecule has 0 amide bonds. The number of rotatable bonds is 2. The van der Waals surface area contributed by atoms with Gasteiger partial charge in [0.1, 0.15) is 0 Å². The first kappa shape index (κ1) is 11.1. The lowest BCUT2D eigenvalue weighted by molar-refractivity contribution is -0.158. The summed E-state index contributed by atoms with van der Waals surface area (Å²) in [7, 11) is 2.55. The Morgan fingerprint density at radius 2 is 1.38 bits per heavy atom. The van der Waals surface area contributed by atoms with Crippen molar-refractivity contribution in [2.45, 2.75) is 6.10 Å². The minimum Gasteiger partial charge on any atom is -0.469 e. The third-order valence-corrected chi connectivity index (χ3v) is 3.51. The van der Waals surface area contributed by atoms with Gasteiger partial charge in [-0.1, -0.05) is 12.2 Å². The fourth-order valence-corrected chi connectivity index (χ4v) is 2.76. The molecule has 16 heavy (non-hydrogen) atoms. The van der Waals surface area contributed by atoms with Gasteiger partial charge in [0.05, 0.1) is 32.2 Å². The average molecular weight is 226 g/mol. The predicted octanol–water partition coefficient (Wildman–Crippen LogP) is -0.259. The molecule has 0 aliphatic heterocycles. The Morgan fingerprint density at radius 3 is 1.69 bits per heavy atom. The molecule has 0 spiro atoms. The molecule has 2 bridgehead atoms. The molecule has 2 aliphatic carbocycles. The Labute approximate surface area is 93.0 Å². The van der Waals surface area contributed by atoms with E-state index in [1.54, 1.807) is 12.2 Å². The van der Waals surface area contributed by atoms with Crippen molar-refractivity contribution in [2.24, 2.45) is 23.7 Å². The second-order valence-corrected chi connectivity index (χ2v) is 4.13. The molecule has 0 aromatic heterocycles. The molecule has 0 heterocycles. The highest BCUT2D eigenvalue weighted by atomic mass is 16.5. The Kier molecular flexibility index (Phi) is 2.71. The molecule has 88 valence electrons. The van der Waals surface area contributed by atoms with Gasteiger partial charge in [0, 0.05) is 11.8 Å². The van der Waals surface area contributed by atoms with Crippen LogP contribution in [0.25, 0.3) is 0 Å². The molecular formula is C11H14O5. The van der Waals surface area contributed by atoms with Crippen LogP contribution < -0.4 is 0 Å². The zero-order valence-electron chi connectivity index (χ0n) is 9.12. The van der Waals surface area contributed by atoms with Crippen molar-refractivity contribution in [2.75, 3.05) is 14.2 Å². The van der Waals surface area contributed by atoms with Gasteiger partial charge < -0.3 is 14.6 Å². The number of ether oxygens (including phenoxy) is 2. The highest BCUT2D eigenvalue weighted by Crippen LogP contribution is 2.49. The first-order valence-electron chi connectivity index (χ1n) is 5.14. The van der Waals surface area contributed by atoms with Gasteiger partial charge in [-0.2, -0.15) is 0 Å². The van der Waals surface area contributed by atoms with Gasteiger partial charge in [0.15, 0.2) is 0 Å². The second-order valence-electron chi connectivity index (χ2n) is 4.13. The Morgan fingerprint density at radius 1 is 1.00 bits per heavy atom. The van der Waals surface area contributed by atoms with Crippen LogP contribution >= 0.6 is 0 Å². The lowest BCUT2D eigenvalue weighted by atomic mass is 9.83. The number of methoxy groups -OCH3 is 2. The van der Waals surface area contributed by atoms with E-state index >= 15 is 0 Å². The highest BCUT2D eigenvalue weighted by Gasteiger charge is 2.58. The fourth-order valence-electron chi connectivity index (χ4n) is 2.76. The van der Waals surface area contributed by atoms with Crippen molar-refractivity contribution in [1.82, 2.24) is 0 Å². The predicted molar refractivity (Wildman–Crippen MR) is 53.1 cm³/mol. The molecule has 1 N–H and O–H groups in total. The summed E-state index contributed by atoms with van der Waals surface area (Å²) in [6.07, 6.45) is 2.86. The van der Waals surface area contributed by atoms with E-state index < -0.39 is 29.9 Å². The molecule has 5 nitrogen and oxygen atoms in total. The van der Waals surface area contributed by atoms with Crippen molar-refractivity contribution in [3.63, 3.8) is 0 Å². The highest BCUT2D eigenvalue weighted by molar-refractivity contribution is 5.84. The third-order valence-electron chi connectivity index (χ3n) is 3.51. The molecule has 0 radical (unpaired) electrons. The van der Waals surface area contributed by atoms with Crippen LogP contribution in [0.1, 0.15) is 0 Å². The number of aliphatic hydroxyl groups excluding tert-OH is 1. The molecule has 4 atom stereocenters. The van der Waals surface area contributed by atoms with Crippen LogP contribution in [-0.2, 0) is 19.1 Å². The number of carbonyl (C=O) groups is 2. The van der Waals surface area contributed by atoms with Gasteiger partial charge in [-0.05, 0) is 0 Å². The van der Waals surface area contributed by atoms with Crippen molar-refractivity contribution >= 4 is 11.9 Å². The monoisotopic (exact) mass is 226 g/mol. The number of carbonyl (C=O) groups excluding carboxylic acids is 2. The number of aliphatic hydroxyl groups is 1. The summed E-state index contributed by atoms with van der Waals surface area (Å²) in [5.74, 6) is -2.84. The summed E-state index contributed by atoms with van der Waals surface area (Å²) in [6, 6.07) is 0. The lowest BCUT2D eigenvalue weighted by Gasteiger charge is -2.22. The Balaban J connectivity index is 2.31. The number of fused-ring (bicyclic) bond motifs is 2. The fraction of sp³-hybridized carbons (Fsp3) is 0.636. The quantitative estimate of drug-likeness (QED) is 0.519. The molecule has 5 heteroatoms. The van der Waals surface area contributed by atoms with Crippen molar-refractivity contribution < 1.29 is 24.2 Å². The van der Waals surface area contributed by atoms with Crippen LogP contribution in [-0.4, -0.2) is 37.4 Å². The molecule has 1 fully saturated rings. The normalized spacial score (nSPS) is 39.8. The van der Waals surface area contributed by atoms with E-state index in [9.17, 15) is 14.7 Å². The van der Waals surface area contributed by atoms with Gasteiger partial charge in [0.25, 0.3) is 0 Å². The average Bonchev–Trinajstić information content (AvgIpc) is 2.80. The van der Waals surface area contributed by atoms with Crippen molar-refractivity contribution in [3.05, 3.63) is 12.2 Å². The van der Waals surface area contributed by atoms with Crippen LogP contribution in [0.5, 0.6) is 0 Å². The van der Waals surface area contributed by atoms with E-state index in [0.29, 0.717) is 0 Å². The summed E-state index contributed by atoms with van der Waals surface area (Å²) >= 11 is 0. The van der Waals surface area contributed by atoms with Crippen LogP contribution in [0.3, 0.4) is 0 Å². The van der Waals surface area contributed by atoms with E-state index in [-0.39, 0.29) is 11.8 Å². The topological polar surface area (TPSA) is 72.8 Å². The Hall–Kier alpha value is -1.36. The summed E-state index contributed by atoms with van der Waals surface area (Å²) in [4.78, 5) is 23.2. The number of hydrogen-bond donors (Lipinski definition) is 1. The molecule has 1 saturated carbocycles. The van der Waals surface area contributed by atoms with E-state index in [0.717, 1.165) is 0 Å². The molecule has 2 aliphatic rings. The molecule has 2 rings (SSSR count). The number of esters is 2. The largest absolute Gasteiger partial charge is 0.469 e. The molecular weight excluding hydrogens is 212 g/mol. The minimum absolute atomic E-state index is 0.332. The molecule has 0 aromatic rings. The summed E-state index contributed by atoms with van der Waals surface area (Å²) in [5.41, 5.74) is 0. The zero-order chi connectivity index (χ0) is 11.9. The summed E-state index contributed by atoms with van der Waals surface area (Å²) in [5, 5.41) is 9.88. The maximum atomic E-state index is 11.6. The summed E-state index contributed by atoms with van der Waals surface area (Å²) < 4.78 is 9.34. The SMILES string of the molecule is COC(=O)C1C2C=CC(C2O)C1C(=O)OC. The molecule has 0 saturated heterocycles. The van der Waals surface area contributed by atoms with E-state index in [2.05, 4.69) is 9.47 Å². The van der Waals surface area contributed by atoms with Crippen molar-refractivity contribution in [3.8, 4) is 0 Å². The van der Waals surface area contributed by atoms with Gasteiger partial charge in [-0.3, -0.25) is 9.59 Å². The second kappa shape index (κ2) is 3.90. The van der Waals surface area contributed by atoms with Gasteiger partial charge in [0.2, 0.25) is 0 Å². The first-order chi connectivity index (χ1) is 7.61. The van der Waals surface area contributed by atoms with E-state index in [4.69, 9.17) is 0 Å². The molecule has 0 aromatic carbocycles. The first-order valence-corrected chi connectivity index (χ1v) is 5.14. The van der Waals surface area contributed by atoms with Crippen molar-refractivity contribution in [1.29, 1.82) is 0 Å². The summed E-state index contributed by atoms with van der Waals surface area (Å²) in [6.45, 7) is 0.